The molecule has 0 bridgehead atoms. The van der Waals surface area contributed by atoms with Crippen LogP contribution < -0.4 is 5.32 Å². The zero-order valence-electron chi connectivity index (χ0n) is 14.9. The second-order valence-electron chi connectivity index (χ2n) is 5.80. The van der Waals surface area contributed by atoms with Gasteiger partial charge in [-0.05, 0) is 27.7 Å². The maximum atomic E-state index is 12.2. The molecule has 1 amide bonds. The van der Waals surface area contributed by atoms with Gasteiger partial charge in [-0.1, -0.05) is 0 Å². The Kier molecular flexibility index (Phi) is 5.70. The molecule has 26 heavy (non-hydrogen) atoms. The number of ether oxygens (including phenoxy) is 1. The number of aromatic nitrogens is 4. The lowest BCUT2D eigenvalue weighted by atomic mass is 10.3. The van der Waals surface area contributed by atoms with Gasteiger partial charge >= 0.3 is 11.7 Å². The summed E-state index contributed by atoms with van der Waals surface area (Å²) in [6.07, 6.45) is 2.37. The number of aryl methyl sites for hydroxylation is 2. The first-order valence-electron chi connectivity index (χ1n) is 7.98. The third-order valence-electron chi connectivity index (χ3n) is 3.32. The van der Waals surface area contributed by atoms with Crippen molar-refractivity contribution in [3.05, 3.63) is 33.9 Å². The van der Waals surface area contributed by atoms with Gasteiger partial charge in [-0.15, -0.1) is 0 Å². The molecule has 0 spiro atoms. The molecule has 0 saturated heterocycles. The average Bonchev–Trinajstić information content (AvgIpc) is 3.09. The van der Waals surface area contributed by atoms with Crippen LogP contribution in [0.5, 0.6) is 0 Å². The molecule has 11 heteroatoms. The highest BCUT2D eigenvalue weighted by Crippen LogP contribution is 2.17. The van der Waals surface area contributed by atoms with E-state index in [1.807, 2.05) is 6.92 Å². The van der Waals surface area contributed by atoms with Crippen LogP contribution in [-0.4, -0.2) is 42.5 Å². The quantitative estimate of drug-likeness (QED) is 0.447. The summed E-state index contributed by atoms with van der Waals surface area (Å²) < 4.78 is 7.78. The molecule has 0 unspecified atom stereocenters. The molecule has 2 rings (SSSR count). The van der Waals surface area contributed by atoms with Gasteiger partial charge in [0, 0.05) is 12.7 Å². The Morgan fingerprint density at radius 2 is 2.00 bits per heavy atom. The van der Waals surface area contributed by atoms with Crippen LogP contribution in [0.4, 0.5) is 11.4 Å². The molecular weight excluding hydrogens is 344 g/mol. The van der Waals surface area contributed by atoms with Crippen molar-refractivity contribution in [3.8, 4) is 0 Å². The van der Waals surface area contributed by atoms with E-state index in [4.69, 9.17) is 4.74 Å². The summed E-state index contributed by atoms with van der Waals surface area (Å²) in [5.41, 5.74) is 0.248. The van der Waals surface area contributed by atoms with Crippen LogP contribution in [0.25, 0.3) is 0 Å². The van der Waals surface area contributed by atoms with Crippen molar-refractivity contribution in [2.24, 2.45) is 0 Å². The van der Waals surface area contributed by atoms with E-state index in [1.54, 1.807) is 13.8 Å². The second kappa shape index (κ2) is 7.76. The predicted molar refractivity (Wildman–Crippen MR) is 90.7 cm³/mol. The highest BCUT2D eigenvalue weighted by molar-refractivity contribution is 5.99. The minimum Gasteiger partial charge on any atom is -0.458 e. The second-order valence-corrected chi connectivity index (χ2v) is 5.80. The third-order valence-corrected chi connectivity index (χ3v) is 3.32. The minimum absolute atomic E-state index is 0.00322. The SMILES string of the molecule is CCn1cc(NC(=O)Cn2cc([N+](=O)[O-])c(C)n2)c(C(=O)OC(C)C)n1. The van der Waals surface area contributed by atoms with Crippen molar-refractivity contribution < 1.29 is 19.2 Å². The van der Waals surface area contributed by atoms with Crippen LogP contribution in [0.3, 0.4) is 0 Å². The largest absolute Gasteiger partial charge is 0.458 e. The van der Waals surface area contributed by atoms with E-state index in [9.17, 15) is 19.7 Å². The van der Waals surface area contributed by atoms with E-state index in [0.29, 0.717) is 6.54 Å². The molecule has 0 aliphatic heterocycles. The van der Waals surface area contributed by atoms with E-state index in [0.717, 1.165) is 0 Å². The first-order chi connectivity index (χ1) is 12.2. The Bertz CT molecular complexity index is 838. The van der Waals surface area contributed by atoms with E-state index in [2.05, 4.69) is 15.5 Å². The van der Waals surface area contributed by atoms with E-state index in [-0.39, 0.29) is 35.4 Å². The topological polar surface area (TPSA) is 134 Å². The zero-order valence-corrected chi connectivity index (χ0v) is 14.9. The maximum Gasteiger partial charge on any atom is 0.361 e. The molecule has 0 aliphatic rings. The molecule has 0 atom stereocenters. The van der Waals surface area contributed by atoms with Gasteiger partial charge in [0.2, 0.25) is 5.91 Å². The summed E-state index contributed by atoms with van der Waals surface area (Å²) in [5, 5.41) is 21.4. The first-order valence-corrected chi connectivity index (χ1v) is 7.98. The lowest BCUT2D eigenvalue weighted by Crippen LogP contribution is -2.21. The van der Waals surface area contributed by atoms with Crippen LogP contribution in [-0.2, 0) is 22.6 Å². The highest BCUT2D eigenvalue weighted by atomic mass is 16.6. The van der Waals surface area contributed by atoms with Crippen molar-refractivity contribution in [1.82, 2.24) is 19.6 Å². The van der Waals surface area contributed by atoms with Gasteiger partial charge in [0.25, 0.3) is 0 Å². The Morgan fingerprint density at radius 3 is 2.54 bits per heavy atom. The van der Waals surface area contributed by atoms with Gasteiger partial charge in [0.15, 0.2) is 5.69 Å². The minimum atomic E-state index is -0.645. The van der Waals surface area contributed by atoms with Crippen LogP contribution in [0.1, 0.15) is 37.0 Å². The van der Waals surface area contributed by atoms with Gasteiger partial charge in [-0.3, -0.25) is 24.3 Å². The van der Waals surface area contributed by atoms with Gasteiger partial charge in [0.1, 0.15) is 18.4 Å². The Morgan fingerprint density at radius 1 is 1.31 bits per heavy atom. The number of hydrogen-bond acceptors (Lipinski definition) is 7. The Balaban J connectivity index is 2.15. The number of carbonyl (C=O) groups excluding carboxylic acids is 2. The summed E-state index contributed by atoms with van der Waals surface area (Å²) in [6.45, 7) is 6.99. The molecule has 11 nitrogen and oxygen atoms in total. The van der Waals surface area contributed by atoms with Crippen molar-refractivity contribution in [1.29, 1.82) is 0 Å². The molecule has 0 aromatic carbocycles. The van der Waals surface area contributed by atoms with Crippen molar-refractivity contribution in [3.63, 3.8) is 0 Å². The number of rotatable bonds is 7. The van der Waals surface area contributed by atoms with E-state index < -0.39 is 16.8 Å². The van der Waals surface area contributed by atoms with E-state index in [1.165, 1.54) is 28.7 Å². The number of amides is 1. The summed E-state index contributed by atoms with van der Waals surface area (Å²) in [5.74, 6) is -1.15. The molecule has 0 fully saturated rings. The number of nitrogens with zero attached hydrogens (tertiary/aromatic N) is 5. The molecule has 0 saturated carbocycles. The predicted octanol–water partition coefficient (Wildman–Crippen LogP) is 1.52. The molecule has 0 radical (unpaired) electrons. The van der Waals surface area contributed by atoms with Crippen molar-refractivity contribution >= 4 is 23.3 Å². The number of anilines is 1. The number of carbonyl (C=O) groups is 2. The third kappa shape index (κ3) is 4.43. The summed E-state index contributed by atoms with van der Waals surface area (Å²) >= 11 is 0. The fraction of sp³-hybridized carbons (Fsp3) is 0.467. The van der Waals surface area contributed by atoms with Crippen LogP contribution in [0.2, 0.25) is 0 Å². The maximum absolute atomic E-state index is 12.2. The number of esters is 1. The Labute approximate surface area is 149 Å². The van der Waals surface area contributed by atoms with Crippen molar-refractivity contribution in [2.75, 3.05) is 5.32 Å². The average molecular weight is 364 g/mol. The smallest absolute Gasteiger partial charge is 0.361 e. The van der Waals surface area contributed by atoms with Gasteiger partial charge < -0.3 is 10.1 Å². The monoisotopic (exact) mass is 364 g/mol. The highest BCUT2D eigenvalue weighted by Gasteiger charge is 2.22. The lowest BCUT2D eigenvalue weighted by molar-refractivity contribution is -0.385. The molecule has 140 valence electrons. The van der Waals surface area contributed by atoms with Crippen LogP contribution in [0, 0.1) is 17.0 Å². The fourth-order valence-electron chi connectivity index (χ4n) is 2.20. The molecule has 2 heterocycles. The molecule has 2 aromatic rings. The standard InChI is InChI=1S/C15H20N6O5/c1-5-19-6-11(14(18-19)15(23)26-9(2)3)16-13(22)8-20-7-12(21(24)25)10(4)17-20/h6-7,9H,5,8H2,1-4H3,(H,16,22). The first kappa shape index (κ1) is 19.1. The summed E-state index contributed by atoms with van der Waals surface area (Å²) in [4.78, 5) is 34.6. The zero-order chi connectivity index (χ0) is 19.4. The summed E-state index contributed by atoms with van der Waals surface area (Å²) in [7, 11) is 0. The Hall–Kier alpha value is -3.24. The molecule has 2 aromatic heterocycles. The number of hydrogen-bond donors (Lipinski definition) is 1. The number of nitro groups is 1. The lowest BCUT2D eigenvalue weighted by Gasteiger charge is -2.08. The van der Waals surface area contributed by atoms with Gasteiger partial charge in [-0.25, -0.2) is 4.79 Å². The number of nitrogens with one attached hydrogen (secondary N) is 1. The molecular formula is C15H20N6O5. The van der Waals surface area contributed by atoms with Crippen LogP contribution >= 0.6 is 0 Å². The van der Waals surface area contributed by atoms with Gasteiger partial charge in [0.05, 0.1) is 16.7 Å². The normalized spacial score (nSPS) is 10.8. The molecule has 1 N–H and O–H groups in total. The van der Waals surface area contributed by atoms with Crippen LogP contribution in [0.15, 0.2) is 12.4 Å². The molecule has 0 aliphatic carbocycles. The van der Waals surface area contributed by atoms with E-state index >= 15 is 0 Å². The van der Waals surface area contributed by atoms with Gasteiger partial charge in [-0.2, -0.15) is 10.2 Å². The fourth-order valence-corrected chi connectivity index (χ4v) is 2.20. The van der Waals surface area contributed by atoms with Crippen molar-refractivity contribution in [2.45, 2.75) is 46.9 Å². The summed E-state index contributed by atoms with van der Waals surface area (Å²) in [6, 6.07) is 0.